The first-order valence-electron chi connectivity index (χ1n) is 6.07. The summed E-state index contributed by atoms with van der Waals surface area (Å²) in [4.78, 5) is 0. The molecule has 0 heterocycles. The molecule has 0 aromatic heterocycles. The van der Waals surface area contributed by atoms with Crippen LogP contribution in [0.5, 0.6) is 0 Å². The summed E-state index contributed by atoms with van der Waals surface area (Å²) in [5.41, 5.74) is 0.762. The van der Waals surface area contributed by atoms with Gasteiger partial charge in [-0.05, 0) is 37.2 Å². The molecule has 0 aliphatic carbocycles. The fraction of sp³-hybridized carbons (Fsp3) is 0.571. The first kappa shape index (κ1) is 16.0. The Hall–Kier alpha value is -0.0600. The second-order valence-corrected chi connectivity index (χ2v) is 8.11. The molecule has 0 amide bonds. The molecule has 0 radical (unpaired) electrons. The SMILES string of the molecule is CNC(CSC(C)(C)C)Cc1cc(Br)ccc1F. The van der Waals surface area contributed by atoms with Gasteiger partial charge in [-0.15, -0.1) is 0 Å². The highest BCUT2D eigenvalue weighted by Gasteiger charge is 2.16. The molecule has 102 valence electrons. The van der Waals surface area contributed by atoms with Crippen LogP contribution >= 0.6 is 27.7 Å². The van der Waals surface area contributed by atoms with Gasteiger partial charge < -0.3 is 5.32 Å². The molecule has 0 saturated heterocycles. The molecule has 0 aliphatic rings. The molecule has 0 aliphatic heterocycles. The van der Waals surface area contributed by atoms with E-state index in [4.69, 9.17) is 0 Å². The monoisotopic (exact) mass is 333 g/mol. The summed E-state index contributed by atoms with van der Waals surface area (Å²) in [6.07, 6.45) is 0.713. The van der Waals surface area contributed by atoms with Crippen molar-refractivity contribution < 1.29 is 4.39 Å². The molecule has 1 nitrogen and oxygen atoms in total. The fourth-order valence-electron chi connectivity index (χ4n) is 1.56. The van der Waals surface area contributed by atoms with Gasteiger partial charge in [-0.3, -0.25) is 0 Å². The van der Waals surface area contributed by atoms with Crippen LogP contribution < -0.4 is 5.32 Å². The number of benzene rings is 1. The Morgan fingerprint density at radius 3 is 2.61 bits per heavy atom. The lowest BCUT2D eigenvalue weighted by Crippen LogP contribution is -2.32. The number of rotatable bonds is 5. The maximum absolute atomic E-state index is 13.7. The summed E-state index contributed by atoms with van der Waals surface area (Å²) in [7, 11) is 1.93. The average Bonchev–Trinajstić information content (AvgIpc) is 2.27. The van der Waals surface area contributed by atoms with Gasteiger partial charge in [0.2, 0.25) is 0 Å². The molecule has 1 N–H and O–H groups in total. The van der Waals surface area contributed by atoms with E-state index in [1.54, 1.807) is 6.07 Å². The van der Waals surface area contributed by atoms with Crippen molar-refractivity contribution in [3.05, 3.63) is 34.1 Å². The van der Waals surface area contributed by atoms with Crippen molar-refractivity contribution >= 4 is 27.7 Å². The van der Waals surface area contributed by atoms with Gasteiger partial charge in [-0.1, -0.05) is 36.7 Å². The number of likely N-dealkylation sites (N-methyl/N-ethyl adjacent to an activating group) is 1. The largest absolute Gasteiger partial charge is 0.316 e. The van der Waals surface area contributed by atoms with Gasteiger partial charge >= 0.3 is 0 Å². The molecular weight excluding hydrogens is 313 g/mol. The van der Waals surface area contributed by atoms with E-state index in [0.29, 0.717) is 6.42 Å². The quantitative estimate of drug-likeness (QED) is 0.864. The normalized spacial score (nSPS) is 13.7. The molecule has 1 aromatic rings. The van der Waals surface area contributed by atoms with Crippen molar-refractivity contribution in [2.75, 3.05) is 12.8 Å². The van der Waals surface area contributed by atoms with E-state index in [1.807, 2.05) is 24.9 Å². The molecule has 1 atom stereocenters. The van der Waals surface area contributed by atoms with Crippen LogP contribution in [0.25, 0.3) is 0 Å². The Balaban J connectivity index is 2.65. The molecule has 1 rings (SSSR count). The third kappa shape index (κ3) is 5.72. The van der Waals surface area contributed by atoms with Crippen LogP contribution in [0, 0.1) is 5.82 Å². The summed E-state index contributed by atoms with van der Waals surface area (Å²) < 4.78 is 14.9. The maximum atomic E-state index is 13.7. The van der Waals surface area contributed by atoms with Crippen LogP contribution in [-0.2, 0) is 6.42 Å². The zero-order valence-corrected chi connectivity index (χ0v) is 13.8. The van der Waals surface area contributed by atoms with Crippen LogP contribution in [0.1, 0.15) is 26.3 Å². The number of hydrogen-bond donors (Lipinski definition) is 1. The second kappa shape index (κ2) is 6.92. The summed E-state index contributed by atoms with van der Waals surface area (Å²) in [5, 5.41) is 3.27. The zero-order valence-electron chi connectivity index (χ0n) is 11.4. The van der Waals surface area contributed by atoms with E-state index in [1.165, 1.54) is 6.07 Å². The highest BCUT2D eigenvalue weighted by Crippen LogP contribution is 2.25. The molecule has 1 aromatic carbocycles. The van der Waals surface area contributed by atoms with Crippen molar-refractivity contribution in [1.29, 1.82) is 0 Å². The molecule has 0 spiro atoms. The third-order valence-electron chi connectivity index (χ3n) is 2.60. The smallest absolute Gasteiger partial charge is 0.126 e. The Morgan fingerprint density at radius 2 is 2.06 bits per heavy atom. The summed E-state index contributed by atoms with van der Waals surface area (Å²) in [6, 6.07) is 5.40. The van der Waals surface area contributed by atoms with Crippen LogP contribution in [-0.4, -0.2) is 23.6 Å². The van der Waals surface area contributed by atoms with Crippen LogP contribution in [0.15, 0.2) is 22.7 Å². The van der Waals surface area contributed by atoms with Gasteiger partial charge in [0.15, 0.2) is 0 Å². The van der Waals surface area contributed by atoms with Gasteiger partial charge in [0, 0.05) is 21.0 Å². The molecule has 18 heavy (non-hydrogen) atoms. The number of halogens is 2. The van der Waals surface area contributed by atoms with Crippen LogP contribution in [0.3, 0.4) is 0 Å². The van der Waals surface area contributed by atoms with Gasteiger partial charge in [0.1, 0.15) is 5.82 Å². The third-order valence-corrected chi connectivity index (χ3v) is 4.53. The molecule has 0 bridgehead atoms. The second-order valence-electron chi connectivity index (χ2n) is 5.35. The van der Waals surface area contributed by atoms with E-state index >= 15 is 0 Å². The number of nitrogens with one attached hydrogen (secondary N) is 1. The Bertz CT molecular complexity index is 390. The molecule has 0 saturated carbocycles. The topological polar surface area (TPSA) is 12.0 Å². The highest BCUT2D eigenvalue weighted by molar-refractivity contribution is 9.10. The van der Waals surface area contributed by atoms with E-state index in [0.717, 1.165) is 15.8 Å². The lowest BCUT2D eigenvalue weighted by molar-refractivity contribution is 0.567. The van der Waals surface area contributed by atoms with Crippen molar-refractivity contribution in [1.82, 2.24) is 5.32 Å². The van der Waals surface area contributed by atoms with Gasteiger partial charge in [0.05, 0.1) is 0 Å². The van der Waals surface area contributed by atoms with Gasteiger partial charge in [-0.2, -0.15) is 11.8 Å². The summed E-state index contributed by atoms with van der Waals surface area (Å²) in [6.45, 7) is 6.60. The number of thioether (sulfide) groups is 1. The van der Waals surface area contributed by atoms with Gasteiger partial charge in [-0.25, -0.2) is 4.39 Å². The first-order chi connectivity index (χ1) is 8.31. The predicted octanol–water partition coefficient (Wildman–Crippen LogP) is 4.25. The van der Waals surface area contributed by atoms with Crippen molar-refractivity contribution in [3.8, 4) is 0 Å². The lowest BCUT2D eigenvalue weighted by Gasteiger charge is -2.23. The van der Waals surface area contributed by atoms with E-state index < -0.39 is 0 Å². The van der Waals surface area contributed by atoms with E-state index in [9.17, 15) is 4.39 Å². The average molecular weight is 334 g/mol. The minimum absolute atomic E-state index is 0.126. The Kier molecular flexibility index (Phi) is 6.15. The zero-order chi connectivity index (χ0) is 13.8. The van der Waals surface area contributed by atoms with Crippen molar-refractivity contribution in [3.63, 3.8) is 0 Å². The molecule has 4 heteroatoms. The highest BCUT2D eigenvalue weighted by atomic mass is 79.9. The molecular formula is C14H21BrFNS. The molecule has 0 fully saturated rings. The van der Waals surface area contributed by atoms with Crippen LogP contribution in [0.2, 0.25) is 0 Å². The van der Waals surface area contributed by atoms with E-state index in [-0.39, 0.29) is 16.6 Å². The summed E-state index contributed by atoms with van der Waals surface area (Å²) in [5.74, 6) is 0.852. The predicted molar refractivity (Wildman–Crippen MR) is 82.9 cm³/mol. The number of hydrogen-bond acceptors (Lipinski definition) is 2. The fourth-order valence-corrected chi connectivity index (χ4v) is 2.95. The summed E-state index contributed by atoms with van der Waals surface area (Å²) >= 11 is 5.29. The van der Waals surface area contributed by atoms with Crippen molar-refractivity contribution in [2.45, 2.75) is 38.0 Å². The molecule has 1 unspecified atom stereocenters. The lowest BCUT2D eigenvalue weighted by atomic mass is 10.1. The standard InChI is InChI=1S/C14H21BrFNS/c1-14(2,3)18-9-12(17-4)8-10-7-11(15)5-6-13(10)16/h5-7,12,17H,8-9H2,1-4H3. The minimum atomic E-state index is -0.126. The minimum Gasteiger partial charge on any atom is -0.316 e. The van der Waals surface area contributed by atoms with Gasteiger partial charge in [0.25, 0.3) is 0 Å². The van der Waals surface area contributed by atoms with Crippen LogP contribution in [0.4, 0.5) is 4.39 Å². The van der Waals surface area contributed by atoms with Crippen molar-refractivity contribution in [2.24, 2.45) is 0 Å². The Labute approximate surface area is 122 Å². The first-order valence-corrected chi connectivity index (χ1v) is 7.85. The maximum Gasteiger partial charge on any atom is 0.126 e. The van der Waals surface area contributed by atoms with E-state index in [2.05, 4.69) is 42.0 Å². The Morgan fingerprint density at radius 1 is 1.39 bits per heavy atom.